The molecule has 0 saturated carbocycles. The van der Waals surface area contributed by atoms with Crippen LogP contribution in [0, 0.1) is 0 Å². The average Bonchev–Trinajstić information content (AvgIpc) is 2.65. The highest BCUT2D eigenvalue weighted by atomic mass is 19.4. The van der Waals surface area contributed by atoms with Crippen molar-refractivity contribution < 1.29 is 22.7 Å². The summed E-state index contributed by atoms with van der Waals surface area (Å²) in [6, 6.07) is 11.9. The quantitative estimate of drug-likeness (QED) is 0.563. The van der Waals surface area contributed by atoms with Gasteiger partial charge in [0.2, 0.25) is 0 Å². The first-order valence-electron chi connectivity index (χ1n) is 8.27. The molecule has 2 aromatic rings. The molecule has 2 aromatic carbocycles. The number of hydrogen-bond acceptors (Lipinski definition) is 4. The number of benzene rings is 2. The lowest BCUT2D eigenvalue weighted by molar-refractivity contribution is -0.137. The van der Waals surface area contributed by atoms with Crippen LogP contribution in [0.25, 0.3) is 0 Å². The zero-order valence-corrected chi connectivity index (χ0v) is 14.9. The Morgan fingerprint density at radius 3 is 2.48 bits per heavy atom. The minimum Gasteiger partial charge on any atom is -0.494 e. The number of nitrogens with one attached hydrogen (secondary N) is 2. The molecule has 2 rings (SSSR count). The monoisotopic (exact) mass is 379 g/mol. The molecule has 0 aliphatic carbocycles. The third-order valence-electron chi connectivity index (χ3n) is 3.57. The SMILES string of the molecule is CCOc1ccc(/C(C)=N\NC(=O)CNc2cccc(C(F)(F)F)c2)cc1. The van der Waals surface area contributed by atoms with Gasteiger partial charge in [0.05, 0.1) is 24.4 Å². The van der Waals surface area contributed by atoms with Crippen LogP contribution in [0.5, 0.6) is 5.75 Å². The maximum atomic E-state index is 12.7. The number of halogens is 3. The molecule has 0 spiro atoms. The number of anilines is 1. The zero-order valence-electron chi connectivity index (χ0n) is 14.9. The lowest BCUT2D eigenvalue weighted by Gasteiger charge is -2.10. The Balaban J connectivity index is 1.89. The molecule has 0 aliphatic rings. The highest BCUT2D eigenvalue weighted by Gasteiger charge is 2.30. The standard InChI is InChI=1S/C19H20F3N3O2/c1-3-27-17-9-7-14(8-10-17)13(2)24-25-18(26)12-23-16-6-4-5-15(11-16)19(20,21)22/h4-11,23H,3,12H2,1-2H3,(H,25,26)/b24-13-. The summed E-state index contributed by atoms with van der Waals surface area (Å²) in [4.78, 5) is 11.9. The number of carbonyl (C=O) groups is 1. The van der Waals surface area contributed by atoms with E-state index in [1.54, 1.807) is 19.1 Å². The molecule has 0 heterocycles. The van der Waals surface area contributed by atoms with Crippen LogP contribution in [-0.4, -0.2) is 24.8 Å². The van der Waals surface area contributed by atoms with Crippen LogP contribution in [-0.2, 0) is 11.0 Å². The third-order valence-corrected chi connectivity index (χ3v) is 3.57. The lowest BCUT2D eigenvalue weighted by Crippen LogP contribution is -2.26. The molecule has 0 saturated heterocycles. The molecular formula is C19H20F3N3O2. The van der Waals surface area contributed by atoms with Crippen LogP contribution in [0.3, 0.4) is 0 Å². The summed E-state index contributed by atoms with van der Waals surface area (Å²) < 4.78 is 43.4. The molecule has 1 amide bonds. The first-order valence-corrected chi connectivity index (χ1v) is 8.27. The number of amides is 1. The summed E-state index contributed by atoms with van der Waals surface area (Å²) >= 11 is 0. The molecule has 0 aromatic heterocycles. The van der Waals surface area contributed by atoms with Gasteiger partial charge in [0.15, 0.2) is 0 Å². The largest absolute Gasteiger partial charge is 0.494 e. The van der Waals surface area contributed by atoms with E-state index in [0.717, 1.165) is 23.4 Å². The van der Waals surface area contributed by atoms with Gasteiger partial charge in [-0.25, -0.2) is 5.43 Å². The summed E-state index contributed by atoms with van der Waals surface area (Å²) in [6.07, 6.45) is -4.43. The summed E-state index contributed by atoms with van der Waals surface area (Å²) in [6.45, 7) is 3.99. The molecule has 144 valence electrons. The van der Waals surface area contributed by atoms with Gasteiger partial charge in [0.25, 0.3) is 5.91 Å². The molecule has 0 aliphatic heterocycles. The van der Waals surface area contributed by atoms with Crippen molar-refractivity contribution in [1.29, 1.82) is 0 Å². The molecular weight excluding hydrogens is 359 g/mol. The van der Waals surface area contributed by atoms with Crippen molar-refractivity contribution in [2.45, 2.75) is 20.0 Å². The first kappa shape index (κ1) is 20.3. The van der Waals surface area contributed by atoms with E-state index >= 15 is 0 Å². The van der Waals surface area contributed by atoms with E-state index in [2.05, 4.69) is 15.8 Å². The van der Waals surface area contributed by atoms with Crippen molar-refractivity contribution >= 4 is 17.3 Å². The Labute approximate surface area is 155 Å². The van der Waals surface area contributed by atoms with Gasteiger partial charge in [-0.05, 0) is 61.9 Å². The summed E-state index contributed by atoms with van der Waals surface area (Å²) in [5.41, 5.74) is 3.19. The molecule has 5 nitrogen and oxygen atoms in total. The summed E-state index contributed by atoms with van der Waals surface area (Å²) in [5.74, 6) is 0.265. The van der Waals surface area contributed by atoms with Crippen molar-refractivity contribution in [3.05, 3.63) is 59.7 Å². The molecule has 0 bridgehead atoms. The van der Waals surface area contributed by atoms with Crippen molar-refractivity contribution in [1.82, 2.24) is 5.43 Å². The van der Waals surface area contributed by atoms with Crippen molar-refractivity contribution in [3.63, 3.8) is 0 Å². The smallest absolute Gasteiger partial charge is 0.416 e. The Morgan fingerprint density at radius 1 is 1.15 bits per heavy atom. The fourth-order valence-electron chi connectivity index (χ4n) is 2.20. The van der Waals surface area contributed by atoms with Crippen LogP contribution in [0.15, 0.2) is 53.6 Å². The molecule has 2 N–H and O–H groups in total. The number of hydrogen-bond donors (Lipinski definition) is 2. The van der Waals surface area contributed by atoms with E-state index in [1.807, 2.05) is 19.1 Å². The van der Waals surface area contributed by atoms with Gasteiger partial charge in [-0.15, -0.1) is 0 Å². The van der Waals surface area contributed by atoms with E-state index in [-0.39, 0.29) is 12.2 Å². The van der Waals surface area contributed by atoms with Crippen LogP contribution in [0.1, 0.15) is 25.0 Å². The van der Waals surface area contributed by atoms with E-state index in [4.69, 9.17) is 4.74 Å². The van der Waals surface area contributed by atoms with Crippen molar-refractivity contribution in [3.8, 4) is 5.75 Å². The number of carbonyl (C=O) groups excluding carboxylic acids is 1. The molecule has 0 unspecified atom stereocenters. The second-order valence-electron chi connectivity index (χ2n) is 5.62. The number of hydrazone groups is 1. The van der Waals surface area contributed by atoms with Gasteiger partial charge in [-0.3, -0.25) is 4.79 Å². The first-order chi connectivity index (χ1) is 12.8. The molecule has 0 radical (unpaired) electrons. The molecule has 27 heavy (non-hydrogen) atoms. The minimum atomic E-state index is -4.43. The van der Waals surface area contributed by atoms with Crippen LogP contribution >= 0.6 is 0 Å². The van der Waals surface area contributed by atoms with E-state index < -0.39 is 17.6 Å². The highest BCUT2D eigenvalue weighted by molar-refractivity contribution is 5.99. The Bertz CT molecular complexity index is 803. The number of rotatable bonds is 7. The molecule has 0 atom stereocenters. The van der Waals surface area contributed by atoms with Gasteiger partial charge in [-0.1, -0.05) is 6.07 Å². The fourth-order valence-corrected chi connectivity index (χ4v) is 2.20. The molecule has 8 heteroatoms. The second kappa shape index (κ2) is 9.07. The lowest BCUT2D eigenvalue weighted by atomic mass is 10.1. The number of alkyl halides is 3. The van der Waals surface area contributed by atoms with Crippen LogP contribution in [0.2, 0.25) is 0 Å². The third kappa shape index (κ3) is 6.32. The van der Waals surface area contributed by atoms with E-state index in [0.29, 0.717) is 12.3 Å². The Morgan fingerprint density at radius 2 is 1.85 bits per heavy atom. The van der Waals surface area contributed by atoms with Gasteiger partial charge in [0.1, 0.15) is 5.75 Å². The molecule has 0 fully saturated rings. The topological polar surface area (TPSA) is 62.7 Å². The Hall–Kier alpha value is -3.03. The van der Waals surface area contributed by atoms with Gasteiger partial charge < -0.3 is 10.1 Å². The minimum absolute atomic E-state index is 0.201. The van der Waals surface area contributed by atoms with E-state index in [1.165, 1.54) is 12.1 Å². The van der Waals surface area contributed by atoms with Crippen molar-refractivity contribution in [2.75, 3.05) is 18.5 Å². The fraction of sp³-hybridized carbons (Fsp3) is 0.263. The summed E-state index contributed by atoms with van der Waals surface area (Å²) in [5, 5.41) is 6.64. The second-order valence-corrected chi connectivity index (χ2v) is 5.62. The van der Waals surface area contributed by atoms with Crippen LogP contribution in [0.4, 0.5) is 18.9 Å². The zero-order chi connectivity index (χ0) is 19.9. The van der Waals surface area contributed by atoms with Gasteiger partial charge in [0, 0.05) is 5.69 Å². The van der Waals surface area contributed by atoms with E-state index in [9.17, 15) is 18.0 Å². The normalized spacial score (nSPS) is 11.8. The maximum absolute atomic E-state index is 12.7. The van der Waals surface area contributed by atoms with Crippen LogP contribution < -0.4 is 15.5 Å². The van der Waals surface area contributed by atoms with Gasteiger partial charge >= 0.3 is 6.18 Å². The summed E-state index contributed by atoms with van der Waals surface area (Å²) in [7, 11) is 0. The van der Waals surface area contributed by atoms with Crippen molar-refractivity contribution in [2.24, 2.45) is 5.10 Å². The predicted octanol–water partition coefficient (Wildman–Crippen LogP) is 4.06. The number of nitrogens with zero attached hydrogens (tertiary/aromatic N) is 1. The predicted molar refractivity (Wildman–Crippen MR) is 97.9 cm³/mol. The van der Waals surface area contributed by atoms with Gasteiger partial charge in [-0.2, -0.15) is 18.3 Å². The number of ether oxygens (including phenoxy) is 1. The Kier molecular flexibility index (Phi) is 6.81. The highest BCUT2D eigenvalue weighted by Crippen LogP contribution is 2.30. The maximum Gasteiger partial charge on any atom is 0.416 e. The average molecular weight is 379 g/mol.